The van der Waals surface area contributed by atoms with Gasteiger partial charge in [0.2, 0.25) is 5.91 Å². The van der Waals surface area contributed by atoms with Crippen molar-refractivity contribution in [2.75, 3.05) is 13.1 Å². The molecule has 0 radical (unpaired) electrons. The van der Waals surface area contributed by atoms with Gasteiger partial charge in [-0.2, -0.15) is 0 Å². The number of amides is 1. The fraction of sp³-hybridized carbons (Fsp3) is 0.316. The van der Waals surface area contributed by atoms with Crippen LogP contribution < -0.4 is 10.6 Å². The molecule has 2 N–H and O–H groups in total. The van der Waals surface area contributed by atoms with Crippen molar-refractivity contribution in [3.8, 4) is 0 Å². The molecule has 3 rings (SSSR count). The highest BCUT2D eigenvalue weighted by molar-refractivity contribution is 6.31. The molecule has 3 nitrogen and oxygen atoms in total. The molecular formula is C19H20ClFN2O. The van der Waals surface area contributed by atoms with Gasteiger partial charge in [-0.1, -0.05) is 41.9 Å². The number of hydrogen-bond acceptors (Lipinski definition) is 2. The van der Waals surface area contributed by atoms with Crippen LogP contribution in [0.15, 0.2) is 48.5 Å². The van der Waals surface area contributed by atoms with Crippen LogP contribution in [0.2, 0.25) is 5.02 Å². The number of halogens is 2. The Morgan fingerprint density at radius 2 is 1.88 bits per heavy atom. The second-order valence-electron chi connectivity index (χ2n) is 6.15. The van der Waals surface area contributed by atoms with Crippen LogP contribution in [0.3, 0.4) is 0 Å². The van der Waals surface area contributed by atoms with E-state index in [-0.39, 0.29) is 18.3 Å². The lowest BCUT2D eigenvalue weighted by Crippen LogP contribution is -2.37. The third kappa shape index (κ3) is 4.56. The summed E-state index contributed by atoms with van der Waals surface area (Å²) in [5.74, 6) is 0.299. The third-order valence-corrected chi connectivity index (χ3v) is 4.48. The van der Waals surface area contributed by atoms with E-state index in [0.29, 0.717) is 10.9 Å². The number of hydrogen-bond donors (Lipinski definition) is 2. The van der Waals surface area contributed by atoms with Crippen molar-refractivity contribution in [2.45, 2.75) is 18.9 Å². The molecule has 5 heteroatoms. The highest BCUT2D eigenvalue weighted by Gasteiger charge is 2.22. The second-order valence-corrected chi connectivity index (χ2v) is 6.56. The van der Waals surface area contributed by atoms with E-state index in [1.54, 1.807) is 18.2 Å². The summed E-state index contributed by atoms with van der Waals surface area (Å²) in [4.78, 5) is 12.3. The van der Waals surface area contributed by atoms with Gasteiger partial charge in [0.15, 0.2) is 0 Å². The molecule has 1 atom stereocenters. The minimum atomic E-state index is -0.408. The Morgan fingerprint density at radius 1 is 1.17 bits per heavy atom. The molecule has 1 amide bonds. The highest BCUT2D eigenvalue weighted by atomic mass is 35.5. The molecule has 0 aromatic heterocycles. The Morgan fingerprint density at radius 3 is 2.54 bits per heavy atom. The van der Waals surface area contributed by atoms with Crippen LogP contribution in [0, 0.1) is 11.7 Å². The van der Waals surface area contributed by atoms with E-state index < -0.39 is 6.04 Å². The smallest absolute Gasteiger partial charge is 0.234 e. The highest BCUT2D eigenvalue weighted by Crippen LogP contribution is 2.29. The maximum atomic E-state index is 13.2. The van der Waals surface area contributed by atoms with Gasteiger partial charge in [-0.05, 0) is 54.6 Å². The summed E-state index contributed by atoms with van der Waals surface area (Å²) < 4.78 is 13.2. The first-order valence-corrected chi connectivity index (χ1v) is 8.51. The predicted octanol–water partition coefficient (Wildman–Crippen LogP) is 3.68. The van der Waals surface area contributed by atoms with Crippen LogP contribution in [0.25, 0.3) is 0 Å². The van der Waals surface area contributed by atoms with E-state index in [1.165, 1.54) is 25.0 Å². The largest absolute Gasteiger partial charge is 0.344 e. The van der Waals surface area contributed by atoms with Crippen molar-refractivity contribution in [3.05, 3.63) is 70.5 Å². The van der Waals surface area contributed by atoms with Crippen LogP contribution in [0.1, 0.15) is 30.0 Å². The van der Waals surface area contributed by atoms with Gasteiger partial charge in [0.05, 0.1) is 12.6 Å². The summed E-state index contributed by atoms with van der Waals surface area (Å²) in [6.45, 7) is 1.14. The molecule has 0 aliphatic heterocycles. The Kier molecular flexibility index (Phi) is 5.48. The van der Waals surface area contributed by atoms with E-state index in [2.05, 4.69) is 10.6 Å². The molecule has 2 aromatic rings. The van der Waals surface area contributed by atoms with Crippen molar-refractivity contribution >= 4 is 17.5 Å². The monoisotopic (exact) mass is 346 g/mol. The fourth-order valence-corrected chi connectivity index (χ4v) is 2.87. The Labute approximate surface area is 146 Å². The molecule has 0 bridgehead atoms. The average molecular weight is 347 g/mol. The van der Waals surface area contributed by atoms with Gasteiger partial charge in [-0.15, -0.1) is 0 Å². The number of carbonyl (C=O) groups is 1. The minimum Gasteiger partial charge on any atom is -0.344 e. The van der Waals surface area contributed by atoms with Gasteiger partial charge >= 0.3 is 0 Å². The van der Waals surface area contributed by atoms with E-state index in [9.17, 15) is 9.18 Å². The number of nitrogens with one attached hydrogen (secondary N) is 2. The molecule has 126 valence electrons. The molecule has 0 heterocycles. The van der Waals surface area contributed by atoms with Crippen molar-refractivity contribution in [1.29, 1.82) is 0 Å². The zero-order valence-electron chi connectivity index (χ0n) is 13.3. The Balaban J connectivity index is 1.75. The SMILES string of the molecule is O=C(CNCC1CC1)NC(c1ccc(F)cc1)c1ccccc1Cl. The van der Waals surface area contributed by atoms with E-state index in [0.717, 1.165) is 17.7 Å². The quantitative estimate of drug-likeness (QED) is 0.803. The van der Waals surface area contributed by atoms with E-state index in [4.69, 9.17) is 11.6 Å². The molecule has 1 fully saturated rings. The lowest BCUT2D eigenvalue weighted by atomic mass is 9.98. The zero-order chi connectivity index (χ0) is 16.9. The van der Waals surface area contributed by atoms with Crippen LogP contribution in [0.5, 0.6) is 0 Å². The van der Waals surface area contributed by atoms with Crippen LogP contribution in [-0.4, -0.2) is 19.0 Å². The maximum absolute atomic E-state index is 13.2. The zero-order valence-corrected chi connectivity index (χ0v) is 14.0. The van der Waals surface area contributed by atoms with Crippen LogP contribution in [-0.2, 0) is 4.79 Å². The molecule has 0 spiro atoms. The Hall–Kier alpha value is -1.91. The van der Waals surface area contributed by atoms with Crippen molar-refractivity contribution in [1.82, 2.24) is 10.6 Å². The van der Waals surface area contributed by atoms with Gasteiger partial charge in [0.1, 0.15) is 5.82 Å². The molecule has 1 saturated carbocycles. The minimum absolute atomic E-state index is 0.107. The topological polar surface area (TPSA) is 41.1 Å². The average Bonchev–Trinajstić information content (AvgIpc) is 3.39. The lowest BCUT2D eigenvalue weighted by Gasteiger charge is -2.21. The van der Waals surface area contributed by atoms with E-state index in [1.807, 2.05) is 18.2 Å². The summed E-state index contributed by atoms with van der Waals surface area (Å²) in [6.07, 6.45) is 2.49. The van der Waals surface area contributed by atoms with Gasteiger partial charge in [0.25, 0.3) is 0 Å². The molecule has 0 saturated heterocycles. The first-order chi connectivity index (χ1) is 11.6. The van der Waals surface area contributed by atoms with Crippen molar-refractivity contribution in [3.63, 3.8) is 0 Å². The van der Waals surface area contributed by atoms with Gasteiger partial charge in [0, 0.05) is 5.02 Å². The van der Waals surface area contributed by atoms with E-state index >= 15 is 0 Å². The molecule has 1 unspecified atom stereocenters. The lowest BCUT2D eigenvalue weighted by molar-refractivity contribution is -0.120. The maximum Gasteiger partial charge on any atom is 0.234 e. The summed E-state index contributed by atoms with van der Waals surface area (Å²) in [5, 5.41) is 6.74. The number of rotatable bonds is 7. The summed E-state index contributed by atoms with van der Waals surface area (Å²) in [5.41, 5.74) is 1.58. The first-order valence-electron chi connectivity index (χ1n) is 8.13. The van der Waals surface area contributed by atoms with Crippen LogP contribution >= 0.6 is 11.6 Å². The molecule has 24 heavy (non-hydrogen) atoms. The van der Waals surface area contributed by atoms with Crippen molar-refractivity contribution in [2.24, 2.45) is 5.92 Å². The number of carbonyl (C=O) groups excluding carboxylic acids is 1. The standard InChI is InChI=1S/C19H20ClFN2O/c20-17-4-2-1-3-16(17)19(14-7-9-15(21)10-8-14)23-18(24)12-22-11-13-5-6-13/h1-4,7-10,13,19,22H,5-6,11-12H2,(H,23,24). The van der Waals surface area contributed by atoms with Crippen LogP contribution in [0.4, 0.5) is 4.39 Å². The summed E-state index contributed by atoms with van der Waals surface area (Å²) in [7, 11) is 0. The molecule has 1 aliphatic carbocycles. The van der Waals surface area contributed by atoms with Gasteiger partial charge in [-0.3, -0.25) is 4.79 Å². The summed E-state index contributed by atoms with van der Waals surface area (Å²) in [6, 6.07) is 13.1. The molecular weight excluding hydrogens is 327 g/mol. The fourth-order valence-electron chi connectivity index (χ4n) is 2.63. The molecule has 1 aliphatic rings. The molecule has 2 aromatic carbocycles. The number of benzene rings is 2. The van der Waals surface area contributed by atoms with Gasteiger partial charge < -0.3 is 10.6 Å². The van der Waals surface area contributed by atoms with Crippen molar-refractivity contribution < 1.29 is 9.18 Å². The normalized spacial score (nSPS) is 15.1. The van der Waals surface area contributed by atoms with Gasteiger partial charge in [-0.25, -0.2) is 4.39 Å². The summed E-state index contributed by atoms with van der Waals surface area (Å²) >= 11 is 6.30. The Bertz CT molecular complexity index is 701. The third-order valence-electron chi connectivity index (χ3n) is 4.14. The first kappa shape index (κ1) is 16.9. The predicted molar refractivity (Wildman–Crippen MR) is 93.4 cm³/mol. The second kappa shape index (κ2) is 7.77.